The number of sulfonamides is 1. The second kappa shape index (κ2) is 9.02. The minimum atomic E-state index is -3.72. The first-order chi connectivity index (χ1) is 15.3. The van der Waals surface area contributed by atoms with Gasteiger partial charge in [-0.1, -0.05) is 11.6 Å². The molecule has 0 aliphatic carbocycles. The molecule has 1 aliphatic rings. The number of anilines is 2. The van der Waals surface area contributed by atoms with E-state index in [1.807, 2.05) is 12.3 Å². The maximum Gasteiger partial charge on any atom is 0.244 e. The van der Waals surface area contributed by atoms with E-state index in [1.54, 1.807) is 12.4 Å². The summed E-state index contributed by atoms with van der Waals surface area (Å²) in [5, 5.41) is 3.85. The predicted molar refractivity (Wildman–Crippen MR) is 123 cm³/mol. The smallest absolute Gasteiger partial charge is 0.244 e. The highest BCUT2D eigenvalue weighted by molar-refractivity contribution is 7.89. The summed E-state index contributed by atoms with van der Waals surface area (Å²) < 4.78 is 25.9. The fourth-order valence-electron chi connectivity index (χ4n) is 3.61. The van der Waals surface area contributed by atoms with Crippen LogP contribution in [-0.2, 0) is 14.8 Å². The van der Waals surface area contributed by atoms with E-state index in [0.29, 0.717) is 18.8 Å². The van der Waals surface area contributed by atoms with Gasteiger partial charge in [0.2, 0.25) is 15.9 Å². The number of piperazine rings is 1. The highest BCUT2D eigenvalue weighted by Crippen LogP contribution is 2.27. The fourth-order valence-corrected chi connectivity index (χ4v) is 5.00. The van der Waals surface area contributed by atoms with Crippen LogP contribution in [0.25, 0.3) is 11.0 Å². The highest BCUT2D eigenvalue weighted by Gasteiger charge is 2.23. The zero-order valence-corrected chi connectivity index (χ0v) is 19.3. The van der Waals surface area contributed by atoms with Crippen LogP contribution in [0, 0.1) is 0 Å². The van der Waals surface area contributed by atoms with E-state index in [1.165, 1.54) is 26.2 Å². The van der Waals surface area contributed by atoms with Gasteiger partial charge in [0, 0.05) is 52.2 Å². The average Bonchev–Trinajstić information content (AvgIpc) is 3.24. The van der Waals surface area contributed by atoms with Crippen LogP contribution in [0.1, 0.15) is 0 Å². The van der Waals surface area contributed by atoms with Crippen molar-refractivity contribution in [2.75, 3.05) is 57.0 Å². The number of H-pyrrole nitrogens is 1. The monoisotopic (exact) mass is 477 g/mol. The number of aromatic amines is 1. The number of nitrogens with zero attached hydrogens (tertiary/aromatic N) is 5. The van der Waals surface area contributed by atoms with E-state index in [-0.39, 0.29) is 22.4 Å². The van der Waals surface area contributed by atoms with Gasteiger partial charge in [0.25, 0.3) is 0 Å². The van der Waals surface area contributed by atoms with Crippen molar-refractivity contribution >= 4 is 50.1 Å². The molecule has 1 aromatic carbocycles. The second-order valence-corrected chi connectivity index (χ2v) is 10.2. The highest BCUT2D eigenvalue weighted by atomic mass is 35.5. The van der Waals surface area contributed by atoms with Gasteiger partial charge in [0.1, 0.15) is 22.7 Å². The van der Waals surface area contributed by atoms with Gasteiger partial charge in [-0.2, -0.15) is 0 Å². The van der Waals surface area contributed by atoms with Crippen LogP contribution in [0.4, 0.5) is 11.5 Å². The van der Waals surface area contributed by atoms with Crippen LogP contribution in [0.5, 0.6) is 0 Å². The van der Waals surface area contributed by atoms with Gasteiger partial charge >= 0.3 is 0 Å². The van der Waals surface area contributed by atoms with Crippen molar-refractivity contribution in [3.63, 3.8) is 0 Å². The summed E-state index contributed by atoms with van der Waals surface area (Å²) in [4.78, 5) is 28.5. The Morgan fingerprint density at radius 1 is 1.19 bits per heavy atom. The fraction of sp³-hybridized carbons (Fsp3) is 0.350. The molecule has 3 aromatic rings. The van der Waals surface area contributed by atoms with Gasteiger partial charge in [-0.05, 0) is 24.3 Å². The summed E-state index contributed by atoms with van der Waals surface area (Å²) in [6.45, 7) is 3.07. The first-order valence-corrected chi connectivity index (χ1v) is 11.8. The van der Waals surface area contributed by atoms with Crippen LogP contribution in [-0.4, -0.2) is 85.3 Å². The third-order valence-corrected chi connectivity index (χ3v) is 7.64. The molecule has 0 bridgehead atoms. The van der Waals surface area contributed by atoms with E-state index in [0.717, 1.165) is 34.2 Å². The van der Waals surface area contributed by atoms with E-state index in [4.69, 9.17) is 11.6 Å². The molecule has 12 heteroatoms. The van der Waals surface area contributed by atoms with Gasteiger partial charge in [-0.25, -0.2) is 22.7 Å². The average molecular weight is 478 g/mol. The quantitative estimate of drug-likeness (QED) is 0.554. The molecule has 0 spiro atoms. The number of halogens is 1. The lowest BCUT2D eigenvalue weighted by atomic mass is 10.2. The standard InChI is InChI=1S/C20H24ClN7O3S/c1-26(2)32(30,31)17-11-14(3-4-16(17)21)25-18(29)12-27-7-9-28(10-8-27)20-15-5-6-22-19(15)23-13-24-20/h3-6,11,13H,7-10,12H2,1-2H3,(H,25,29)(H,22,23,24). The third-order valence-electron chi connectivity index (χ3n) is 5.35. The Balaban J connectivity index is 1.36. The van der Waals surface area contributed by atoms with Crippen LogP contribution in [0.3, 0.4) is 0 Å². The van der Waals surface area contributed by atoms with Crippen molar-refractivity contribution in [2.24, 2.45) is 0 Å². The van der Waals surface area contributed by atoms with Crippen molar-refractivity contribution < 1.29 is 13.2 Å². The summed E-state index contributed by atoms with van der Waals surface area (Å²) in [6.07, 6.45) is 3.39. The van der Waals surface area contributed by atoms with Crippen LogP contribution in [0.15, 0.2) is 41.7 Å². The van der Waals surface area contributed by atoms with Gasteiger partial charge in [0.05, 0.1) is 17.0 Å². The molecule has 1 fully saturated rings. The number of fused-ring (bicyclic) bond motifs is 1. The lowest BCUT2D eigenvalue weighted by Crippen LogP contribution is -2.49. The number of nitrogens with one attached hydrogen (secondary N) is 2. The molecular formula is C20H24ClN7O3S. The Morgan fingerprint density at radius 2 is 1.94 bits per heavy atom. The molecule has 0 unspecified atom stereocenters. The Morgan fingerprint density at radius 3 is 2.66 bits per heavy atom. The molecule has 1 aliphatic heterocycles. The van der Waals surface area contributed by atoms with Crippen molar-refractivity contribution in [3.05, 3.63) is 41.8 Å². The molecule has 0 radical (unpaired) electrons. The molecule has 10 nitrogen and oxygen atoms in total. The van der Waals surface area contributed by atoms with Gasteiger partial charge in [-0.3, -0.25) is 9.69 Å². The zero-order valence-electron chi connectivity index (χ0n) is 17.7. The van der Waals surface area contributed by atoms with Crippen molar-refractivity contribution in [1.82, 2.24) is 24.2 Å². The van der Waals surface area contributed by atoms with Crippen molar-refractivity contribution in [3.8, 4) is 0 Å². The topological polar surface area (TPSA) is 115 Å². The number of carbonyl (C=O) groups is 1. The van der Waals surface area contributed by atoms with E-state index < -0.39 is 10.0 Å². The number of amides is 1. The number of benzene rings is 1. The SMILES string of the molecule is CN(C)S(=O)(=O)c1cc(NC(=O)CN2CCN(c3ncnc4[nH]ccc34)CC2)ccc1Cl. The molecule has 1 amide bonds. The Bertz CT molecular complexity index is 1240. The summed E-state index contributed by atoms with van der Waals surface area (Å²) in [5.41, 5.74) is 1.18. The maximum absolute atomic E-state index is 12.6. The molecule has 0 atom stereocenters. The maximum atomic E-state index is 12.6. The van der Waals surface area contributed by atoms with E-state index in [9.17, 15) is 13.2 Å². The first-order valence-electron chi connectivity index (χ1n) is 10.0. The molecule has 2 N–H and O–H groups in total. The van der Waals surface area contributed by atoms with Crippen molar-refractivity contribution in [2.45, 2.75) is 4.90 Å². The molecule has 4 rings (SSSR count). The third kappa shape index (κ3) is 4.56. The lowest BCUT2D eigenvalue weighted by Gasteiger charge is -2.35. The zero-order chi connectivity index (χ0) is 22.9. The summed E-state index contributed by atoms with van der Waals surface area (Å²) >= 11 is 6.07. The molecule has 1 saturated heterocycles. The molecule has 32 heavy (non-hydrogen) atoms. The van der Waals surface area contributed by atoms with E-state index >= 15 is 0 Å². The molecule has 0 saturated carbocycles. The van der Waals surface area contributed by atoms with Crippen molar-refractivity contribution in [1.29, 1.82) is 0 Å². The second-order valence-electron chi connectivity index (χ2n) is 7.68. The van der Waals surface area contributed by atoms with Gasteiger partial charge < -0.3 is 15.2 Å². The van der Waals surface area contributed by atoms with E-state index in [2.05, 4.69) is 30.1 Å². The molecule has 170 valence electrons. The van der Waals surface area contributed by atoms with Crippen LogP contribution < -0.4 is 10.2 Å². The van der Waals surface area contributed by atoms with Gasteiger partial charge in [0.15, 0.2) is 0 Å². The first kappa shape index (κ1) is 22.5. The number of hydrogen-bond donors (Lipinski definition) is 2. The summed E-state index contributed by atoms with van der Waals surface area (Å²) in [7, 11) is -0.856. The van der Waals surface area contributed by atoms with Crippen LogP contribution >= 0.6 is 11.6 Å². The Labute approximate surface area is 191 Å². The predicted octanol–water partition coefficient (Wildman–Crippen LogP) is 1.62. The summed E-state index contributed by atoms with van der Waals surface area (Å²) in [5.74, 6) is 0.667. The number of rotatable bonds is 6. The minimum Gasteiger partial charge on any atom is -0.353 e. The molecule has 3 heterocycles. The van der Waals surface area contributed by atoms with Crippen LogP contribution in [0.2, 0.25) is 5.02 Å². The largest absolute Gasteiger partial charge is 0.353 e. The summed E-state index contributed by atoms with van der Waals surface area (Å²) in [6, 6.07) is 6.39. The minimum absolute atomic E-state index is 0.0449. The van der Waals surface area contributed by atoms with Gasteiger partial charge in [-0.15, -0.1) is 0 Å². The lowest BCUT2D eigenvalue weighted by molar-refractivity contribution is -0.117. The molecular weight excluding hydrogens is 454 g/mol. The number of aromatic nitrogens is 3. The number of hydrogen-bond acceptors (Lipinski definition) is 7. The Kier molecular flexibility index (Phi) is 6.33. The Hall–Kier alpha value is -2.73. The normalized spacial score (nSPS) is 15.4. The number of carbonyl (C=O) groups excluding carboxylic acids is 1. The molecule has 2 aromatic heterocycles.